The normalized spacial score (nSPS) is 21.6. The minimum absolute atomic E-state index is 0.175. The van der Waals surface area contributed by atoms with Crippen molar-refractivity contribution in [1.29, 1.82) is 0 Å². The van der Waals surface area contributed by atoms with Gasteiger partial charge in [-0.3, -0.25) is 4.79 Å². The van der Waals surface area contributed by atoms with E-state index in [4.69, 9.17) is 0 Å². The summed E-state index contributed by atoms with van der Waals surface area (Å²) in [7, 11) is 0. The van der Waals surface area contributed by atoms with Crippen molar-refractivity contribution in [3.05, 3.63) is 0 Å². The SMILES string of the molecule is CCCC(C)(O)CNC(C)C(=O)N1CCCCCC1. The van der Waals surface area contributed by atoms with Crippen LogP contribution < -0.4 is 5.32 Å². The van der Waals surface area contributed by atoms with E-state index in [2.05, 4.69) is 12.2 Å². The molecule has 0 saturated carbocycles. The molecule has 0 aromatic rings. The van der Waals surface area contributed by atoms with E-state index in [-0.39, 0.29) is 11.9 Å². The van der Waals surface area contributed by atoms with Crippen LogP contribution in [0.25, 0.3) is 0 Å². The van der Waals surface area contributed by atoms with Gasteiger partial charge in [0.05, 0.1) is 11.6 Å². The van der Waals surface area contributed by atoms with Gasteiger partial charge >= 0.3 is 0 Å². The van der Waals surface area contributed by atoms with E-state index < -0.39 is 5.60 Å². The molecule has 1 aliphatic heterocycles. The molecular formula is C15H30N2O2. The van der Waals surface area contributed by atoms with Crippen molar-refractivity contribution >= 4 is 5.91 Å². The molecule has 112 valence electrons. The molecule has 2 N–H and O–H groups in total. The predicted octanol–water partition coefficient (Wildman–Crippen LogP) is 1.92. The highest BCUT2D eigenvalue weighted by molar-refractivity contribution is 5.81. The van der Waals surface area contributed by atoms with Crippen LogP contribution in [0.3, 0.4) is 0 Å². The average molecular weight is 270 g/mol. The van der Waals surface area contributed by atoms with Gasteiger partial charge < -0.3 is 15.3 Å². The lowest BCUT2D eigenvalue weighted by Crippen LogP contribution is -2.49. The van der Waals surface area contributed by atoms with Gasteiger partial charge in [0.25, 0.3) is 0 Å². The Kier molecular flexibility index (Phi) is 6.80. The summed E-state index contributed by atoms with van der Waals surface area (Å²) in [6.07, 6.45) is 6.40. The highest BCUT2D eigenvalue weighted by atomic mass is 16.3. The van der Waals surface area contributed by atoms with Crippen molar-refractivity contribution in [3.8, 4) is 0 Å². The molecule has 4 nitrogen and oxygen atoms in total. The Morgan fingerprint density at radius 1 is 1.32 bits per heavy atom. The lowest BCUT2D eigenvalue weighted by atomic mass is 10.0. The van der Waals surface area contributed by atoms with Gasteiger partial charge in [-0.05, 0) is 33.1 Å². The summed E-state index contributed by atoms with van der Waals surface area (Å²) in [5.41, 5.74) is -0.720. The van der Waals surface area contributed by atoms with Crippen LogP contribution in [-0.2, 0) is 4.79 Å². The van der Waals surface area contributed by atoms with Gasteiger partial charge in [-0.1, -0.05) is 26.2 Å². The topological polar surface area (TPSA) is 52.6 Å². The van der Waals surface area contributed by atoms with Crippen molar-refractivity contribution in [2.45, 2.75) is 70.9 Å². The van der Waals surface area contributed by atoms with Gasteiger partial charge in [-0.2, -0.15) is 0 Å². The van der Waals surface area contributed by atoms with Crippen molar-refractivity contribution in [3.63, 3.8) is 0 Å². The van der Waals surface area contributed by atoms with Crippen molar-refractivity contribution < 1.29 is 9.90 Å². The number of nitrogens with one attached hydrogen (secondary N) is 1. The van der Waals surface area contributed by atoms with E-state index in [1.54, 1.807) is 0 Å². The van der Waals surface area contributed by atoms with Crippen LogP contribution in [0.15, 0.2) is 0 Å². The molecule has 1 fully saturated rings. The van der Waals surface area contributed by atoms with Crippen LogP contribution in [0.2, 0.25) is 0 Å². The molecule has 2 atom stereocenters. The Balaban J connectivity index is 2.39. The van der Waals surface area contributed by atoms with E-state index in [9.17, 15) is 9.90 Å². The van der Waals surface area contributed by atoms with Crippen LogP contribution in [-0.4, -0.2) is 47.2 Å². The smallest absolute Gasteiger partial charge is 0.239 e. The minimum atomic E-state index is -0.720. The van der Waals surface area contributed by atoms with Crippen LogP contribution in [0.4, 0.5) is 0 Å². The summed E-state index contributed by atoms with van der Waals surface area (Å²) >= 11 is 0. The Labute approximate surface area is 117 Å². The summed E-state index contributed by atoms with van der Waals surface area (Å²) in [6.45, 7) is 8.02. The first-order chi connectivity index (χ1) is 8.96. The van der Waals surface area contributed by atoms with Crippen LogP contribution in [0, 0.1) is 0 Å². The maximum absolute atomic E-state index is 12.3. The zero-order valence-corrected chi connectivity index (χ0v) is 12.7. The van der Waals surface area contributed by atoms with E-state index in [0.717, 1.165) is 38.8 Å². The fourth-order valence-electron chi connectivity index (χ4n) is 2.65. The summed E-state index contributed by atoms with van der Waals surface area (Å²) < 4.78 is 0. The van der Waals surface area contributed by atoms with E-state index in [1.807, 2.05) is 18.7 Å². The van der Waals surface area contributed by atoms with Crippen molar-refractivity contribution in [1.82, 2.24) is 10.2 Å². The van der Waals surface area contributed by atoms with E-state index >= 15 is 0 Å². The highest BCUT2D eigenvalue weighted by Gasteiger charge is 2.24. The van der Waals surface area contributed by atoms with E-state index in [1.165, 1.54) is 12.8 Å². The molecule has 1 amide bonds. The summed E-state index contributed by atoms with van der Waals surface area (Å²) in [6, 6.07) is -0.207. The second-order valence-electron chi connectivity index (χ2n) is 6.09. The lowest BCUT2D eigenvalue weighted by Gasteiger charge is -2.28. The van der Waals surface area contributed by atoms with Gasteiger partial charge in [0, 0.05) is 19.6 Å². The maximum atomic E-state index is 12.3. The molecule has 0 spiro atoms. The first-order valence-electron chi connectivity index (χ1n) is 7.71. The number of aliphatic hydroxyl groups is 1. The van der Waals surface area contributed by atoms with Crippen molar-refractivity contribution in [2.75, 3.05) is 19.6 Å². The molecule has 1 heterocycles. The molecule has 19 heavy (non-hydrogen) atoms. The number of amides is 1. The van der Waals surface area contributed by atoms with Crippen molar-refractivity contribution in [2.24, 2.45) is 0 Å². The number of likely N-dealkylation sites (tertiary alicyclic amines) is 1. The standard InChI is InChI=1S/C15H30N2O2/c1-4-9-15(3,19)12-16-13(2)14(18)17-10-7-5-6-8-11-17/h13,16,19H,4-12H2,1-3H3. The van der Waals surface area contributed by atoms with Crippen LogP contribution >= 0.6 is 0 Å². The average Bonchev–Trinajstić information content (AvgIpc) is 2.64. The lowest BCUT2D eigenvalue weighted by molar-refractivity contribution is -0.133. The number of carbonyl (C=O) groups is 1. The fourth-order valence-corrected chi connectivity index (χ4v) is 2.65. The zero-order chi connectivity index (χ0) is 14.3. The molecule has 0 bridgehead atoms. The van der Waals surface area contributed by atoms with Gasteiger partial charge in [0.1, 0.15) is 0 Å². The van der Waals surface area contributed by atoms with Gasteiger partial charge in [-0.25, -0.2) is 0 Å². The molecule has 1 saturated heterocycles. The molecule has 4 heteroatoms. The first-order valence-corrected chi connectivity index (χ1v) is 7.71. The number of hydrogen-bond acceptors (Lipinski definition) is 3. The summed E-state index contributed by atoms with van der Waals surface area (Å²) in [5.74, 6) is 0.175. The van der Waals surface area contributed by atoms with Gasteiger partial charge in [-0.15, -0.1) is 0 Å². The third-order valence-electron chi connectivity index (χ3n) is 3.87. The van der Waals surface area contributed by atoms with E-state index in [0.29, 0.717) is 6.54 Å². The minimum Gasteiger partial charge on any atom is -0.389 e. The zero-order valence-electron chi connectivity index (χ0n) is 12.7. The second-order valence-corrected chi connectivity index (χ2v) is 6.09. The maximum Gasteiger partial charge on any atom is 0.239 e. The summed E-state index contributed by atoms with van der Waals surface area (Å²) in [5, 5.41) is 13.3. The third kappa shape index (κ3) is 5.91. The van der Waals surface area contributed by atoms with Crippen LogP contribution in [0.1, 0.15) is 59.3 Å². The molecular weight excluding hydrogens is 240 g/mol. The Bertz CT molecular complexity index is 271. The molecule has 0 aromatic carbocycles. The summed E-state index contributed by atoms with van der Waals surface area (Å²) in [4.78, 5) is 14.3. The number of hydrogen-bond donors (Lipinski definition) is 2. The molecule has 0 radical (unpaired) electrons. The largest absolute Gasteiger partial charge is 0.389 e. The van der Waals surface area contributed by atoms with Gasteiger partial charge in [0.2, 0.25) is 5.91 Å². The second kappa shape index (κ2) is 7.85. The number of rotatable bonds is 6. The Morgan fingerprint density at radius 2 is 1.89 bits per heavy atom. The Morgan fingerprint density at radius 3 is 2.42 bits per heavy atom. The van der Waals surface area contributed by atoms with Gasteiger partial charge in [0.15, 0.2) is 0 Å². The molecule has 2 unspecified atom stereocenters. The quantitative estimate of drug-likeness (QED) is 0.775. The molecule has 1 rings (SSSR count). The number of nitrogens with zero attached hydrogens (tertiary/aromatic N) is 1. The molecule has 1 aliphatic rings. The highest BCUT2D eigenvalue weighted by Crippen LogP contribution is 2.12. The molecule has 0 aliphatic carbocycles. The number of carbonyl (C=O) groups excluding carboxylic acids is 1. The monoisotopic (exact) mass is 270 g/mol. The Hall–Kier alpha value is -0.610. The third-order valence-corrected chi connectivity index (χ3v) is 3.87. The first kappa shape index (κ1) is 16.4. The fraction of sp³-hybridized carbons (Fsp3) is 0.933. The molecule has 0 aromatic heterocycles. The van der Waals surface area contributed by atoms with Crippen LogP contribution in [0.5, 0.6) is 0 Å². The predicted molar refractivity (Wildman–Crippen MR) is 78.0 cm³/mol.